The Kier molecular flexibility index (Phi) is 6.58. The molecule has 1 heterocycles. The lowest BCUT2D eigenvalue weighted by atomic mass is 9.72. The van der Waals surface area contributed by atoms with E-state index in [0.29, 0.717) is 21.6 Å². The first-order valence-electron chi connectivity index (χ1n) is 8.11. The van der Waals surface area contributed by atoms with Crippen LogP contribution in [0.3, 0.4) is 0 Å². The van der Waals surface area contributed by atoms with Crippen molar-refractivity contribution in [2.75, 3.05) is 5.32 Å². The topological polar surface area (TPSA) is 92.9 Å². The summed E-state index contributed by atoms with van der Waals surface area (Å²) < 4.78 is 0. The molecule has 25 heavy (non-hydrogen) atoms. The molecule has 1 fully saturated rings. The number of rotatable bonds is 4. The van der Waals surface area contributed by atoms with E-state index < -0.39 is 5.91 Å². The van der Waals surface area contributed by atoms with E-state index in [1.807, 2.05) is 31.4 Å². The van der Waals surface area contributed by atoms with Gasteiger partial charge in [-0.1, -0.05) is 49.2 Å². The maximum absolute atomic E-state index is 11.4. The van der Waals surface area contributed by atoms with Crippen molar-refractivity contribution in [2.24, 2.45) is 5.84 Å². The quantitative estimate of drug-likeness (QED) is 0.424. The molecule has 0 spiro atoms. The predicted octanol–water partition coefficient (Wildman–Crippen LogP) is 3.90. The first-order chi connectivity index (χ1) is 12.1. The van der Waals surface area contributed by atoms with E-state index in [1.54, 1.807) is 6.07 Å². The van der Waals surface area contributed by atoms with Crippen LogP contribution < -0.4 is 16.6 Å². The average Bonchev–Trinajstić information content (AvgIpc) is 2.62. The fraction of sp³-hybridized carbons (Fsp3) is 0.353. The molecule has 0 bridgehead atoms. The van der Waals surface area contributed by atoms with Crippen LogP contribution in [0.4, 0.5) is 5.95 Å². The number of carbonyl (C=O) groups is 1. The van der Waals surface area contributed by atoms with E-state index in [9.17, 15) is 4.79 Å². The lowest BCUT2D eigenvalue weighted by molar-refractivity contribution is 0.0953. The molecule has 134 valence electrons. The number of hydrogen-bond acceptors (Lipinski definition) is 5. The van der Waals surface area contributed by atoms with Crippen LogP contribution in [-0.2, 0) is 5.54 Å². The summed E-state index contributed by atoms with van der Waals surface area (Å²) in [7, 11) is 0. The fourth-order valence-electron chi connectivity index (χ4n) is 2.67. The highest BCUT2D eigenvalue weighted by atomic mass is 35.5. The largest absolute Gasteiger partial charge is 0.345 e. The van der Waals surface area contributed by atoms with Gasteiger partial charge < -0.3 is 5.32 Å². The lowest BCUT2D eigenvalue weighted by Crippen LogP contribution is -2.43. The summed E-state index contributed by atoms with van der Waals surface area (Å²) in [6.07, 6.45) is 5.72. The summed E-state index contributed by atoms with van der Waals surface area (Å²) in [6, 6.07) is 5.59. The zero-order valence-corrected chi connectivity index (χ0v) is 15.7. The number of nitrogens with zero attached hydrogens (tertiary/aromatic N) is 2. The van der Waals surface area contributed by atoms with Gasteiger partial charge in [-0.05, 0) is 30.9 Å². The summed E-state index contributed by atoms with van der Waals surface area (Å²) in [5, 5.41) is 4.40. The Morgan fingerprint density at radius 3 is 2.36 bits per heavy atom. The number of nitrogen functional groups attached to an aromatic ring is 1. The van der Waals surface area contributed by atoms with Gasteiger partial charge in [0.1, 0.15) is 0 Å². The Morgan fingerprint density at radius 2 is 1.84 bits per heavy atom. The zero-order chi connectivity index (χ0) is 18.4. The number of aromatic nitrogens is 2. The molecule has 1 aliphatic rings. The van der Waals surface area contributed by atoms with E-state index in [1.165, 1.54) is 12.4 Å². The molecule has 1 aliphatic carbocycles. The highest BCUT2D eigenvalue weighted by Gasteiger charge is 2.41. The maximum Gasteiger partial charge on any atom is 0.268 e. The van der Waals surface area contributed by atoms with Crippen molar-refractivity contribution >= 4 is 35.1 Å². The summed E-state index contributed by atoms with van der Waals surface area (Å²) in [5.74, 6) is 5.07. The number of hydrazine groups is 1. The number of nitrogens with two attached hydrogens (primary N) is 1. The molecular weight excluding hydrogens is 361 g/mol. The van der Waals surface area contributed by atoms with Gasteiger partial charge in [0.15, 0.2) is 0 Å². The van der Waals surface area contributed by atoms with Crippen molar-refractivity contribution in [3.05, 3.63) is 51.8 Å². The van der Waals surface area contributed by atoms with Gasteiger partial charge in [0.05, 0.1) is 21.1 Å². The van der Waals surface area contributed by atoms with Crippen LogP contribution in [-0.4, -0.2) is 15.9 Å². The van der Waals surface area contributed by atoms with Crippen LogP contribution in [0.1, 0.15) is 49.0 Å². The smallest absolute Gasteiger partial charge is 0.268 e. The molecule has 0 saturated heterocycles. The Morgan fingerprint density at radius 1 is 1.20 bits per heavy atom. The molecule has 4 N–H and O–H groups in total. The molecule has 0 unspecified atom stereocenters. The molecule has 3 rings (SSSR count). The molecule has 1 aromatic heterocycles. The summed E-state index contributed by atoms with van der Waals surface area (Å²) >= 11 is 12.5. The summed E-state index contributed by atoms with van der Waals surface area (Å²) in [4.78, 5) is 19.8. The van der Waals surface area contributed by atoms with Crippen molar-refractivity contribution in [1.29, 1.82) is 0 Å². The minimum atomic E-state index is -0.437. The van der Waals surface area contributed by atoms with E-state index in [4.69, 9.17) is 29.0 Å². The number of amides is 1. The molecule has 8 heteroatoms. The number of carbonyl (C=O) groups excluding carboxylic acids is 1. The average molecular weight is 382 g/mol. The molecular formula is C17H21Cl2N5O. The zero-order valence-electron chi connectivity index (χ0n) is 14.1. The molecule has 0 atom stereocenters. The van der Waals surface area contributed by atoms with Gasteiger partial charge in [0.25, 0.3) is 5.91 Å². The molecule has 1 aromatic carbocycles. The van der Waals surface area contributed by atoms with Gasteiger partial charge in [-0.2, -0.15) is 0 Å². The third-order valence-corrected chi connectivity index (χ3v) is 4.89. The first-order valence-corrected chi connectivity index (χ1v) is 8.87. The Labute approximate surface area is 157 Å². The standard InChI is InChI=1S/C15H15Cl2N5O.C2H6/c16-11-4-1-3-10(12(11)17)15(5-2-6-15)21-14-19-7-9(8-20-14)13(23)22-18;1-2/h1,3-4,7-8H,2,5-6,18H2,(H,22,23)(H,19,20,21);1-2H3. The second-order valence-electron chi connectivity index (χ2n) is 5.43. The van der Waals surface area contributed by atoms with Crippen LogP contribution in [0.5, 0.6) is 0 Å². The van der Waals surface area contributed by atoms with Gasteiger partial charge >= 0.3 is 0 Å². The van der Waals surface area contributed by atoms with Gasteiger partial charge in [0, 0.05) is 12.4 Å². The number of hydrogen-bond donors (Lipinski definition) is 3. The number of nitrogens with one attached hydrogen (secondary N) is 2. The second kappa shape index (κ2) is 8.47. The Bertz CT molecular complexity index is 732. The van der Waals surface area contributed by atoms with Crippen molar-refractivity contribution in [3.8, 4) is 0 Å². The van der Waals surface area contributed by atoms with Crippen LogP contribution in [0, 0.1) is 0 Å². The Balaban J connectivity index is 0.00000109. The molecule has 6 nitrogen and oxygen atoms in total. The second-order valence-corrected chi connectivity index (χ2v) is 6.22. The number of benzene rings is 1. The van der Waals surface area contributed by atoms with Crippen molar-refractivity contribution in [1.82, 2.24) is 15.4 Å². The minimum absolute atomic E-state index is 0.293. The normalized spacial score (nSPS) is 14.6. The predicted molar refractivity (Wildman–Crippen MR) is 101 cm³/mol. The SMILES string of the molecule is CC.NNC(=O)c1cnc(NC2(c3cccc(Cl)c3Cl)CCC2)nc1. The summed E-state index contributed by atoms with van der Waals surface area (Å²) in [6.45, 7) is 4.00. The van der Waals surface area contributed by atoms with E-state index in [-0.39, 0.29) is 5.54 Å². The molecule has 1 saturated carbocycles. The van der Waals surface area contributed by atoms with E-state index in [2.05, 4.69) is 15.3 Å². The first kappa shape index (κ1) is 19.4. The van der Waals surface area contributed by atoms with Crippen LogP contribution >= 0.6 is 23.2 Å². The lowest BCUT2D eigenvalue weighted by Gasteiger charge is -2.43. The highest BCUT2D eigenvalue weighted by molar-refractivity contribution is 6.42. The fourth-order valence-corrected chi connectivity index (χ4v) is 3.15. The van der Waals surface area contributed by atoms with Gasteiger partial charge in [-0.15, -0.1) is 0 Å². The van der Waals surface area contributed by atoms with E-state index >= 15 is 0 Å². The molecule has 1 amide bonds. The minimum Gasteiger partial charge on any atom is -0.345 e. The van der Waals surface area contributed by atoms with Crippen LogP contribution in [0.2, 0.25) is 10.0 Å². The summed E-state index contributed by atoms with van der Waals surface area (Å²) in [5.41, 5.74) is 2.93. The molecule has 2 aromatic rings. The van der Waals surface area contributed by atoms with E-state index in [0.717, 1.165) is 24.8 Å². The molecule has 0 aliphatic heterocycles. The van der Waals surface area contributed by atoms with Crippen LogP contribution in [0.25, 0.3) is 0 Å². The van der Waals surface area contributed by atoms with Gasteiger partial charge in [-0.25, -0.2) is 15.8 Å². The third-order valence-electron chi connectivity index (χ3n) is 4.07. The monoisotopic (exact) mass is 381 g/mol. The van der Waals surface area contributed by atoms with Crippen molar-refractivity contribution in [3.63, 3.8) is 0 Å². The maximum atomic E-state index is 11.4. The van der Waals surface area contributed by atoms with Crippen molar-refractivity contribution < 1.29 is 4.79 Å². The van der Waals surface area contributed by atoms with Gasteiger partial charge in [0.2, 0.25) is 5.95 Å². The third kappa shape index (κ3) is 4.03. The van der Waals surface area contributed by atoms with Crippen LogP contribution in [0.15, 0.2) is 30.6 Å². The Hall–Kier alpha value is -1.89. The number of halogens is 2. The molecule has 0 radical (unpaired) electrons. The number of anilines is 1. The highest BCUT2D eigenvalue weighted by Crippen LogP contribution is 2.47. The van der Waals surface area contributed by atoms with Gasteiger partial charge in [-0.3, -0.25) is 10.2 Å². The van der Waals surface area contributed by atoms with Crippen molar-refractivity contribution in [2.45, 2.75) is 38.6 Å².